The highest BCUT2D eigenvalue weighted by molar-refractivity contribution is 6.07. The molecule has 7 nitrogen and oxygen atoms in total. The number of aromatic nitrogens is 3. The predicted octanol–water partition coefficient (Wildman–Crippen LogP) is 2.16. The molecule has 3 rings (SSSR count). The second kappa shape index (κ2) is 6.64. The highest BCUT2D eigenvalue weighted by Gasteiger charge is 2.18. The normalized spacial score (nSPS) is 10.5. The molecule has 1 aromatic carbocycles. The molecule has 0 fully saturated rings. The Labute approximate surface area is 145 Å². The van der Waals surface area contributed by atoms with Crippen LogP contribution in [0.5, 0.6) is 0 Å². The van der Waals surface area contributed by atoms with Gasteiger partial charge in [-0.05, 0) is 30.3 Å². The molecular weight excluding hydrogens is 318 g/mol. The number of amides is 2. The van der Waals surface area contributed by atoms with E-state index in [-0.39, 0.29) is 11.8 Å². The minimum absolute atomic E-state index is 0.120. The zero-order valence-electron chi connectivity index (χ0n) is 14.3. The molecule has 7 heteroatoms. The summed E-state index contributed by atoms with van der Waals surface area (Å²) in [6, 6.07) is 10.6. The Bertz CT molecular complexity index is 909. The summed E-state index contributed by atoms with van der Waals surface area (Å²) in [5.74, 6) is 0.264. The summed E-state index contributed by atoms with van der Waals surface area (Å²) in [6.45, 7) is 0. The van der Waals surface area contributed by atoms with E-state index in [1.54, 1.807) is 50.1 Å². The molecular formula is C18H19N5O2. The number of carbonyl (C=O) groups is 2. The number of hydrogen-bond acceptors (Lipinski definition) is 3. The first-order chi connectivity index (χ1) is 12.0. The Morgan fingerprint density at radius 2 is 1.84 bits per heavy atom. The summed E-state index contributed by atoms with van der Waals surface area (Å²) < 4.78 is 3.47. The molecule has 0 bridgehead atoms. The van der Waals surface area contributed by atoms with Crippen LogP contribution in [0.1, 0.15) is 20.7 Å². The molecule has 0 saturated heterocycles. The minimum atomic E-state index is -0.286. The van der Waals surface area contributed by atoms with Crippen molar-refractivity contribution in [3.05, 3.63) is 66.1 Å². The second-order valence-corrected chi connectivity index (χ2v) is 5.83. The van der Waals surface area contributed by atoms with Crippen LogP contribution in [0.25, 0.3) is 5.82 Å². The predicted molar refractivity (Wildman–Crippen MR) is 94.9 cm³/mol. The van der Waals surface area contributed by atoms with Gasteiger partial charge < -0.3 is 14.8 Å². The van der Waals surface area contributed by atoms with E-state index < -0.39 is 0 Å². The number of hydrogen-bond donors (Lipinski definition) is 1. The van der Waals surface area contributed by atoms with Crippen LogP contribution >= 0.6 is 0 Å². The number of rotatable bonds is 4. The maximum absolute atomic E-state index is 12.7. The van der Waals surface area contributed by atoms with Gasteiger partial charge in [0.05, 0.1) is 6.20 Å². The lowest BCUT2D eigenvalue weighted by Crippen LogP contribution is -2.22. The maximum Gasteiger partial charge on any atom is 0.261 e. The lowest BCUT2D eigenvalue weighted by Gasteiger charge is -2.12. The first-order valence-electron chi connectivity index (χ1n) is 7.76. The first kappa shape index (κ1) is 16.5. The van der Waals surface area contributed by atoms with Crippen molar-refractivity contribution in [3.8, 4) is 5.82 Å². The maximum atomic E-state index is 12.7. The fourth-order valence-electron chi connectivity index (χ4n) is 2.56. The van der Waals surface area contributed by atoms with E-state index in [2.05, 4.69) is 10.4 Å². The van der Waals surface area contributed by atoms with E-state index in [1.165, 1.54) is 11.1 Å². The van der Waals surface area contributed by atoms with Crippen molar-refractivity contribution in [2.24, 2.45) is 7.05 Å². The summed E-state index contributed by atoms with van der Waals surface area (Å²) in [5, 5.41) is 7.01. The van der Waals surface area contributed by atoms with Gasteiger partial charge in [0.25, 0.3) is 11.8 Å². The number of aryl methyl sites for hydroxylation is 1. The fraction of sp³-hybridized carbons (Fsp3) is 0.167. The Hall–Kier alpha value is -3.35. The van der Waals surface area contributed by atoms with E-state index in [0.717, 1.165) is 0 Å². The molecule has 25 heavy (non-hydrogen) atoms. The number of nitrogens with one attached hydrogen (secondary N) is 1. The number of nitrogens with zero attached hydrogens (tertiary/aromatic N) is 4. The Kier molecular flexibility index (Phi) is 4.38. The number of carbonyl (C=O) groups excluding carboxylic acids is 2. The average molecular weight is 337 g/mol. The third-order valence-electron chi connectivity index (χ3n) is 3.77. The molecule has 2 aromatic heterocycles. The van der Waals surface area contributed by atoms with Gasteiger partial charge in [-0.2, -0.15) is 5.10 Å². The van der Waals surface area contributed by atoms with Crippen LogP contribution in [0.4, 0.5) is 5.69 Å². The van der Waals surface area contributed by atoms with Gasteiger partial charge in [-0.25, -0.2) is 0 Å². The quantitative estimate of drug-likeness (QED) is 0.793. The fourth-order valence-corrected chi connectivity index (χ4v) is 2.56. The summed E-state index contributed by atoms with van der Waals surface area (Å²) in [6.07, 6.45) is 5.23. The molecule has 2 heterocycles. The van der Waals surface area contributed by atoms with E-state index in [9.17, 15) is 9.59 Å². The van der Waals surface area contributed by atoms with E-state index in [1.807, 2.05) is 29.1 Å². The van der Waals surface area contributed by atoms with Gasteiger partial charge in [0.15, 0.2) is 0 Å². The summed E-state index contributed by atoms with van der Waals surface area (Å²) >= 11 is 0. The number of anilines is 1. The monoisotopic (exact) mass is 337 g/mol. The molecule has 0 radical (unpaired) electrons. The van der Waals surface area contributed by atoms with Crippen LogP contribution in [0.3, 0.4) is 0 Å². The van der Waals surface area contributed by atoms with Crippen LogP contribution in [0, 0.1) is 0 Å². The molecule has 2 amide bonds. The zero-order chi connectivity index (χ0) is 18.0. The summed E-state index contributed by atoms with van der Waals surface area (Å²) in [5.41, 5.74) is 1.52. The molecule has 0 aliphatic rings. The van der Waals surface area contributed by atoms with Crippen LogP contribution in [-0.2, 0) is 7.05 Å². The smallest absolute Gasteiger partial charge is 0.261 e. The Morgan fingerprint density at radius 3 is 2.52 bits per heavy atom. The Balaban J connectivity index is 1.87. The minimum Gasteiger partial charge on any atom is -0.345 e. The summed E-state index contributed by atoms with van der Waals surface area (Å²) in [7, 11) is 5.15. The number of benzene rings is 1. The molecule has 128 valence electrons. The van der Waals surface area contributed by atoms with E-state index in [0.29, 0.717) is 22.6 Å². The van der Waals surface area contributed by atoms with E-state index in [4.69, 9.17) is 0 Å². The molecule has 0 saturated carbocycles. The first-order valence-corrected chi connectivity index (χ1v) is 7.76. The third kappa shape index (κ3) is 3.30. The van der Waals surface area contributed by atoms with Crippen molar-refractivity contribution in [3.63, 3.8) is 0 Å². The highest BCUT2D eigenvalue weighted by Crippen LogP contribution is 2.17. The topological polar surface area (TPSA) is 72.2 Å². The van der Waals surface area contributed by atoms with Crippen LogP contribution in [0.2, 0.25) is 0 Å². The van der Waals surface area contributed by atoms with Gasteiger partial charge >= 0.3 is 0 Å². The third-order valence-corrected chi connectivity index (χ3v) is 3.77. The average Bonchev–Trinajstić information content (AvgIpc) is 3.23. The van der Waals surface area contributed by atoms with Crippen LogP contribution in [0.15, 0.2) is 55.0 Å². The molecule has 0 unspecified atom stereocenters. The molecule has 0 aliphatic heterocycles. The van der Waals surface area contributed by atoms with Crippen molar-refractivity contribution >= 4 is 17.5 Å². The second-order valence-electron chi connectivity index (χ2n) is 5.83. The molecule has 1 N–H and O–H groups in total. The van der Waals surface area contributed by atoms with Crippen molar-refractivity contribution in [1.82, 2.24) is 19.2 Å². The highest BCUT2D eigenvalue weighted by atomic mass is 16.2. The zero-order valence-corrected chi connectivity index (χ0v) is 14.3. The van der Waals surface area contributed by atoms with Gasteiger partial charge in [0.2, 0.25) is 0 Å². The molecule has 0 spiro atoms. The van der Waals surface area contributed by atoms with Gasteiger partial charge in [0.1, 0.15) is 11.4 Å². The van der Waals surface area contributed by atoms with Gasteiger partial charge in [0, 0.05) is 44.8 Å². The largest absolute Gasteiger partial charge is 0.345 e. The van der Waals surface area contributed by atoms with Crippen molar-refractivity contribution < 1.29 is 9.59 Å². The lowest BCUT2D eigenvalue weighted by molar-refractivity contribution is 0.0827. The van der Waals surface area contributed by atoms with Crippen LogP contribution in [-0.4, -0.2) is 45.2 Å². The van der Waals surface area contributed by atoms with Crippen molar-refractivity contribution in [1.29, 1.82) is 0 Å². The molecule has 0 aliphatic carbocycles. The van der Waals surface area contributed by atoms with Crippen LogP contribution < -0.4 is 5.32 Å². The lowest BCUT2D eigenvalue weighted by atomic mass is 10.1. The molecule has 0 atom stereocenters. The van der Waals surface area contributed by atoms with Crippen molar-refractivity contribution in [2.45, 2.75) is 0 Å². The Morgan fingerprint density at radius 1 is 1.12 bits per heavy atom. The van der Waals surface area contributed by atoms with E-state index >= 15 is 0 Å². The SMILES string of the molecule is CN(C)C(=O)c1cccc(NC(=O)c2cnn(C)c2-n2cccc2)c1. The van der Waals surface area contributed by atoms with Gasteiger partial charge in [-0.3, -0.25) is 14.3 Å². The van der Waals surface area contributed by atoms with Gasteiger partial charge in [-0.1, -0.05) is 6.07 Å². The van der Waals surface area contributed by atoms with Gasteiger partial charge in [-0.15, -0.1) is 0 Å². The summed E-state index contributed by atoms with van der Waals surface area (Å²) in [4.78, 5) is 26.2. The molecule has 3 aromatic rings. The van der Waals surface area contributed by atoms with Crippen molar-refractivity contribution in [2.75, 3.05) is 19.4 Å². The standard InChI is InChI=1S/C18H19N5O2/c1-21(2)18(25)13-7-6-8-14(11-13)20-16(24)15-12-19-22(3)17(15)23-9-4-5-10-23/h4-12H,1-3H3,(H,20,24).